The van der Waals surface area contributed by atoms with Crippen LogP contribution in [0.25, 0.3) is 0 Å². The van der Waals surface area contributed by atoms with E-state index < -0.39 is 0 Å². The van der Waals surface area contributed by atoms with Gasteiger partial charge in [0.25, 0.3) is 5.91 Å². The molecule has 0 atom stereocenters. The Kier molecular flexibility index (Phi) is 5.80. The van der Waals surface area contributed by atoms with Crippen LogP contribution in [0.15, 0.2) is 24.3 Å². The number of carbonyl (C=O) groups excluding carboxylic acids is 2. The Morgan fingerprint density at radius 2 is 1.33 bits per heavy atom. The first-order valence-corrected chi connectivity index (χ1v) is 10.9. The fraction of sp³-hybridized carbons (Fsp3) is 0.652. The van der Waals surface area contributed by atoms with E-state index in [1.165, 1.54) is 37.7 Å². The molecule has 2 heterocycles. The zero-order chi connectivity index (χ0) is 18.6. The van der Waals surface area contributed by atoms with Crippen LogP contribution in [-0.2, 0) is 4.79 Å². The van der Waals surface area contributed by atoms with Gasteiger partial charge in [0.1, 0.15) is 0 Å². The summed E-state index contributed by atoms with van der Waals surface area (Å²) in [5, 5.41) is 0. The summed E-state index contributed by atoms with van der Waals surface area (Å²) in [5.41, 5.74) is 2.18. The van der Waals surface area contributed by atoms with Crippen LogP contribution in [0.1, 0.15) is 79.6 Å². The molecule has 0 radical (unpaired) electrons. The second-order valence-corrected chi connectivity index (χ2v) is 8.56. The highest BCUT2D eigenvalue weighted by atomic mass is 16.2. The van der Waals surface area contributed by atoms with Crippen LogP contribution in [-0.4, -0.2) is 47.8 Å². The zero-order valence-electron chi connectivity index (χ0n) is 16.4. The number of piperidine rings is 1. The normalized spacial score (nSPS) is 22.2. The van der Waals surface area contributed by atoms with Crippen molar-refractivity contribution in [1.82, 2.24) is 9.80 Å². The van der Waals surface area contributed by atoms with E-state index in [2.05, 4.69) is 12.1 Å². The van der Waals surface area contributed by atoms with E-state index in [9.17, 15) is 9.59 Å². The van der Waals surface area contributed by atoms with Crippen LogP contribution in [0, 0.1) is 5.92 Å². The van der Waals surface area contributed by atoms with Crippen LogP contribution >= 0.6 is 0 Å². The van der Waals surface area contributed by atoms with Gasteiger partial charge in [-0.05, 0) is 62.1 Å². The first kappa shape index (κ1) is 18.5. The molecule has 0 unspecified atom stereocenters. The molecule has 0 bridgehead atoms. The number of hydrogen-bond acceptors (Lipinski definition) is 2. The third kappa shape index (κ3) is 4.20. The highest BCUT2D eigenvalue weighted by Gasteiger charge is 2.31. The maximum absolute atomic E-state index is 12.9. The SMILES string of the molecule is O=C(c1ccc(C2CCCCC2)cc1)N1CCC(C(=O)N2CCCC2)CC1. The van der Waals surface area contributed by atoms with E-state index >= 15 is 0 Å². The van der Waals surface area contributed by atoms with Crippen molar-refractivity contribution in [1.29, 1.82) is 0 Å². The number of benzene rings is 1. The van der Waals surface area contributed by atoms with E-state index in [1.54, 1.807) is 0 Å². The highest BCUT2D eigenvalue weighted by Crippen LogP contribution is 2.32. The van der Waals surface area contributed by atoms with Gasteiger partial charge in [-0.25, -0.2) is 0 Å². The van der Waals surface area contributed by atoms with Gasteiger partial charge in [0.15, 0.2) is 0 Å². The summed E-state index contributed by atoms with van der Waals surface area (Å²) in [6.07, 6.45) is 10.5. The Morgan fingerprint density at radius 1 is 0.704 bits per heavy atom. The second kappa shape index (κ2) is 8.45. The van der Waals surface area contributed by atoms with Crippen LogP contribution < -0.4 is 0 Å². The molecule has 1 aromatic rings. The minimum absolute atomic E-state index is 0.112. The monoisotopic (exact) mass is 368 g/mol. The summed E-state index contributed by atoms with van der Waals surface area (Å²) in [6.45, 7) is 3.25. The lowest BCUT2D eigenvalue weighted by Crippen LogP contribution is -2.43. The summed E-state index contributed by atoms with van der Waals surface area (Å²) >= 11 is 0. The number of amides is 2. The summed E-state index contributed by atoms with van der Waals surface area (Å²) in [5.74, 6) is 1.23. The molecule has 4 heteroatoms. The van der Waals surface area contributed by atoms with Gasteiger partial charge in [-0.1, -0.05) is 31.4 Å². The molecule has 4 rings (SSSR count). The molecule has 2 aliphatic heterocycles. The van der Waals surface area contributed by atoms with Gasteiger partial charge in [-0.15, -0.1) is 0 Å². The lowest BCUT2D eigenvalue weighted by molar-refractivity contribution is -0.135. The number of hydrogen-bond donors (Lipinski definition) is 0. The van der Waals surface area contributed by atoms with Gasteiger partial charge >= 0.3 is 0 Å². The lowest BCUT2D eigenvalue weighted by Gasteiger charge is -2.33. The molecular formula is C23H32N2O2. The summed E-state index contributed by atoms with van der Waals surface area (Å²) < 4.78 is 0. The van der Waals surface area contributed by atoms with Crippen LogP contribution in [0.4, 0.5) is 0 Å². The minimum Gasteiger partial charge on any atom is -0.342 e. The van der Waals surface area contributed by atoms with Crippen molar-refractivity contribution in [2.75, 3.05) is 26.2 Å². The molecule has 2 amide bonds. The average molecular weight is 369 g/mol. The molecule has 1 saturated carbocycles. The van der Waals surface area contributed by atoms with E-state index in [0.29, 0.717) is 24.9 Å². The molecule has 0 N–H and O–H groups in total. The second-order valence-electron chi connectivity index (χ2n) is 8.56. The molecule has 4 nitrogen and oxygen atoms in total. The third-order valence-corrected chi connectivity index (χ3v) is 6.78. The fourth-order valence-corrected chi connectivity index (χ4v) is 5.04. The van der Waals surface area contributed by atoms with E-state index in [0.717, 1.165) is 44.3 Å². The quantitative estimate of drug-likeness (QED) is 0.802. The standard InChI is InChI=1S/C23H32N2O2/c26-22(20-10-8-19(9-11-20)18-6-2-1-3-7-18)25-16-12-21(13-17-25)23(27)24-14-4-5-15-24/h8-11,18,21H,1-7,12-17H2. The first-order chi connectivity index (χ1) is 13.2. The van der Waals surface area contributed by atoms with Crippen LogP contribution in [0.3, 0.4) is 0 Å². The van der Waals surface area contributed by atoms with Crippen molar-refractivity contribution < 1.29 is 9.59 Å². The van der Waals surface area contributed by atoms with E-state index in [4.69, 9.17) is 0 Å². The fourth-order valence-electron chi connectivity index (χ4n) is 5.04. The van der Waals surface area contributed by atoms with Crippen molar-refractivity contribution in [3.63, 3.8) is 0 Å². The number of nitrogens with zero attached hydrogens (tertiary/aromatic N) is 2. The van der Waals surface area contributed by atoms with Crippen molar-refractivity contribution in [2.45, 2.75) is 63.7 Å². The van der Waals surface area contributed by atoms with Crippen molar-refractivity contribution in [3.05, 3.63) is 35.4 Å². The molecule has 3 aliphatic rings. The predicted molar refractivity (Wildman–Crippen MR) is 107 cm³/mol. The van der Waals surface area contributed by atoms with E-state index in [1.807, 2.05) is 21.9 Å². The van der Waals surface area contributed by atoms with Crippen LogP contribution in [0.5, 0.6) is 0 Å². The number of rotatable bonds is 3. The van der Waals surface area contributed by atoms with E-state index in [-0.39, 0.29) is 11.8 Å². The Hall–Kier alpha value is -1.84. The Balaban J connectivity index is 1.31. The zero-order valence-corrected chi connectivity index (χ0v) is 16.4. The minimum atomic E-state index is 0.112. The van der Waals surface area contributed by atoms with Gasteiger partial charge in [-0.2, -0.15) is 0 Å². The number of likely N-dealkylation sites (tertiary alicyclic amines) is 2. The van der Waals surface area contributed by atoms with Gasteiger partial charge in [0.05, 0.1) is 0 Å². The van der Waals surface area contributed by atoms with Crippen LogP contribution in [0.2, 0.25) is 0 Å². The molecular weight excluding hydrogens is 336 g/mol. The van der Waals surface area contributed by atoms with Gasteiger partial charge in [0.2, 0.25) is 5.91 Å². The van der Waals surface area contributed by atoms with Crippen molar-refractivity contribution >= 4 is 11.8 Å². The topological polar surface area (TPSA) is 40.6 Å². The summed E-state index contributed by atoms with van der Waals surface area (Å²) in [6, 6.07) is 8.33. The Bertz CT molecular complexity index is 649. The average Bonchev–Trinajstić information content (AvgIpc) is 3.28. The lowest BCUT2D eigenvalue weighted by atomic mass is 9.84. The molecule has 146 valence electrons. The Labute approximate surface area is 162 Å². The maximum atomic E-state index is 12.9. The molecule has 2 saturated heterocycles. The Morgan fingerprint density at radius 3 is 1.96 bits per heavy atom. The van der Waals surface area contributed by atoms with Gasteiger partial charge in [-0.3, -0.25) is 9.59 Å². The molecule has 3 fully saturated rings. The first-order valence-electron chi connectivity index (χ1n) is 10.9. The number of carbonyl (C=O) groups is 2. The molecule has 27 heavy (non-hydrogen) atoms. The summed E-state index contributed by atoms with van der Waals surface area (Å²) in [4.78, 5) is 29.4. The van der Waals surface area contributed by atoms with Crippen molar-refractivity contribution in [3.8, 4) is 0 Å². The predicted octanol–water partition coefficient (Wildman–Crippen LogP) is 4.21. The largest absolute Gasteiger partial charge is 0.342 e. The summed E-state index contributed by atoms with van der Waals surface area (Å²) in [7, 11) is 0. The highest BCUT2D eigenvalue weighted by molar-refractivity contribution is 5.94. The molecule has 1 aromatic carbocycles. The third-order valence-electron chi connectivity index (χ3n) is 6.78. The van der Waals surface area contributed by atoms with Crippen molar-refractivity contribution in [2.24, 2.45) is 5.92 Å². The molecule has 0 aromatic heterocycles. The van der Waals surface area contributed by atoms with Gasteiger partial charge < -0.3 is 9.80 Å². The maximum Gasteiger partial charge on any atom is 0.253 e. The smallest absolute Gasteiger partial charge is 0.253 e. The molecule has 0 spiro atoms. The van der Waals surface area contributed by atoms with Gasteiger partial charge in [0, 0.05) is 37.7 Å². The molecule has 1 aliphatic carbocycles.